The van der Waals surface area contributed by atoms with Gasteiger partial charge in [0.1, 0.15) is 0 Å². The minimum absolute atomic E-state index is 0.113. The molecular weight excluding hydrogens is 411 g/mol. The number of ether oxygens (including phenoxy) is 1. The third-order valence-electron chi connectivity index (χ3n) is 5.08. The van der Waals surface area contributed by atoms with Crippen LogP contribution in [0.1, 0.15) is 12.5 Å². The maximum atomic E-state index is 14.0. The normalized spacial score (nSPS) is 11.7. The lowest BCUT2D eigenvalue weighted by Gasteiger charge is -2.12. The third kappa shape index (κ3) is 4.53. The minimum Gasteiger partial charge on any atom is -0.399 e. The largest absolute Gasteiger partial charge is 0.573 e. The second-order valence-corrected chi connectivity index (χ2v) is 7.14. The van der Waals surface area contributed by atoms with E-state index in [0.717, 1.165) is 40.5 Å². The number of halogens is 5. The average Bonchev–Trinajstić information content (AvgIpc) is 2.75. The number of benzene rings is 4. The molecule has 0 aromatic heterocycles. The summed E-state index contributed by atoms with van der Waals surface area (Å²) in [6.07, 6.45) is -4.22. The number of rotatable bonds is 4. The molecule has 31 heavy (non-hydrogen) atoms. The predicted octanol–water partition coefficient (Wildman–Crippen LogP) is 7.91. The molecule has 0 heterocycles. The van der Waals surface area contributed by atoms with Crippen molar-refractivity contribution < 1.29 is 26.7 Å². The summed E-state index contributed by atoms with van der Waals surface area (Å²) in [5, 5.41) is 2.25. The van der Waals surface area contributed by atoms with Crippen LogP contribution in [0.3, 0.4) is 0 Å². The van der Waals surface area contributed by atoms with Crippen LogP contribution >= 0.6 is 0 Å². The van der Waals surface area contributed by atoms with E-state index >= 15 is 0 Å². The number of hydrogen-bond acceptors (Lipinski definition) is 1. The Kier molecular flexibility index (Phi) is 5.39. The van der Waals surface area contributed by atoms with Gasteiger partial charge in [-0.05, 0) is 63.2 Å². The van der Waals surface area contributed by atoms with Crippen molar-refractivity contribution in [2.75, 3.05) is 0 Å². The topological polar surface area (TPSA) is 9.23 Å². The van der Waals surface area contributed by atoms with Crippen LogP contribution in [-0.2, 0) is 6.42 Å². The fraction of sp³-hybridized carbons (Fsp3) is 0.120. The van der Waals surface area contributed by atoms with E-state index in [1.165, 1.54) is 5.56 Å². The fourth-order valence-corrected chi connectivity index (χ4v) is 3.49. The smallest absolute Gasteiger partial charge is 0.399 e. The van der Waals surface area contributed by atoms with E-state index in [1.54, 1.807) is 24.3 Å². The zero-order valence-electron chi connectivity index (χ0n) is 16.4. The van der Waals surface area contributed by atoms with Crippen molar-refractivity contribution in [3.63, 3.8) is 0 Å². The molecular formula is C25H17F5O. The van der Waals surface area contributed by atoms with E-state index in [9.17, 15) is 22.0 Å². The van der Waals surface area contributed by atoms with E-state index in [0.29, 0.717) is 5.56 Å². The monoisotopic (exact) mass is 428 g/mol. The zero-order chi connectivity index (χ0) is 22.2. The molecule has 4 aromatic carbocycles. The first-order chi connectivity index (χ1) is 14.7. The SMILES string of the molecule is CCc1ccc2cc(-c3ccc(-c4cc(F)c(OC(F)(F)F)c(F)c4)cc3)ccc2c1. The van der Waals surface area contributed by atoms with Crippen LogP contribution in [0.15, 0.2) is 72.8 Å². The molecule has 158 valence electrons. The van der Waals surface area contributed by atoms with Crippen LogP contribution < -0.4 is 4.74 Å². The molecule has 6 heteroatoms. The van der Waals surface area contributed by atoms with Gasteiger partial charge in [-0.1, -0.05) is 61.5 Å². The standard InChI is InChI=1S/C25H17F5O/c1-2-15-3-4-20-12-19(10-9-18(20)11-15)16-5-7-17(8-6-16)21-13-22(26)24(23(27)14-21)31-25(28,29)30/h3-14H,2H2,1H3. The van der Waals surface area contributed by atoms with Crippen molar-refractivity contribution in [1.82, 2.24) is 0 Å². The van der Waals surface area contributed by atoms with E-state index < -0.39 is 23.7 Å². The van der Waals surface area contributed by atoms with Gasteiger partial charge in [0.25, 0.3) is 0 Å². The van der Waals surface area contributed by atoms with Gasteiger partial charge in [0.2, 0.25) is 5.75 Å². The molecule has 0 spiro atoms. The summed E-state index contributed by atoms with van der Waals surface area (Å²) in [5.74, 6) is -4.30. The summed E-state index contributed by atoms with van der Waals surface area (Å²) >= 11 is 0. The van der Waals surface area contributed by atoms with Crippen LogP contribution in [0, 0.1) is 11.6 Å². The molecule has 0 saturated heterocycles. The first-order valence-electron chi connectivity index (χ1n) is 9.62. The first-order valence-corrected chi connectivity index (χ1v) is 9.62. The molecule has 0 saturated carbocycles. The summed E-state index contributed by atoms with van der Waals surface area (Å²) in [4.78, 5) is 0. The van der Waals surface area contributed by atoms with Gasteiger partial charge in [-0.15, -0.1) is 13.2 Å². The number of fused-ring (bicyclic) bond motifs is 1. The van der Waals surface area contributed by atoms with Crippen molar-refractivity contribution >= 4 is 10.8 Å². The van der Waals surface area contributed by atoms with E-state index in [4.69, 9.17) is 0 Å². The van der Waals surface area contributed by atoms with Gasteiger partial charge in [0, 0.05) is 0 Å². The molecule has 4 rings (SSSR count). The first kappa shape index (κ1) is 20.8. The van der Waals surface area contributed by atoms with E-state index in [-0.39, 0.29) is 5.56 Å². The summed E-state index contributed by atoms with van der Waals surface area (Å²) in [6.45, 7) is 2.10. The average molecular weight is 428 g/mol. The van der Waals surface area contributed by atoms with Crippen LogP contribution in [-0.4, -0.2) is 6.36 Å². The van der Waals surface area contributed by atoms with Crippen molar-refractivity contribution in [3.8, 4) is 28.0 Å². The molecule has 0 N–H and O–H groups in total. The Morgan fingerprint density at radius 3 is 1.74 bits per heavy atom. The van der Waals surface area contributed by atoms with Crippen molar-refractivity contribution in [1.29, 1.82) is 0 Å². The molecule has 0 bridgehead atoms. The molecule has 0 aliphatic heterocycles. The van der Waals surface area contributed by atoms with Crippen molar-refractivity contribution in [2.24, 2.45) is 0 Å². The molecule has 0 fully saturated rings. The predicted molar refractivity (Wildman–Crippen MR) is 111 cm³/mol. The lowest BCUT2D eigenvalue weighted by Crippen LogP contribution is -2.19. The van der Waals surface area contributed by atoms with E-state index in [2.05, 4.69) is 35.9 Å². The quantitative estimate of drug-likeness (QED) is 0.300. The van der Waals surface area contributed by atoms with Crippen molar-refractivity contribution in [3.05, 3.63) is 90.0 Å². The van der Waals surface area contributed by atoms with Crippen molar-refractivity contribution in [2.45, 2.75) is 19.7 Å². The third-order valence-corrected chi connectivity index (χ3v) is 5.08. The van der Waals surface area contributed by atoms with Gasteiger partial charge in [0.05, 0.1) is 0 Å². The van der Waals surface area contributed by atoms with Crippen LogP contribution in [0.5, 0.6) is 5.75 Å². The second kappa shape index (κ2) is 8.02. The molecule has 1 nitrogen and oxygen atoms in total. The highest BCUT2D eigenvalue weighted by Gasteiger charge is 2.34. The van der Waals surface area contributed by atoms with Gasteiger partial charge in [0.15, 0.2) is 11.6 Å². The molecule has 0 radical (unpaired) electrons. The highest BCUT2D eigenvalue weighted by Crippen LogP contribution is 2.33. The summed E-state index contributed by atoms with van der Waals surface area (Å²) < 4.78 is 68.4. The van der Waals surface area contributed by atoms with E-state index in [1.807, 2.05) is 12.1 Å². The Balaban J connectivity index is 1.63. The number of hydrogen-bond donors (Lipinski definition) is 0. The highest BCUT2D eigenvalue weighted by atomic mass is 19.4. The highest BCUT2D eigenvalue weighted by molar-refractivity contribution is 5.88. The van der Waals surface area contributed by atoms with Gasteiger partial charge in [-0.25, -0.2) is 8.78 Å². The molecule has 0 aliphatic rings. The molecule has 0 aliphatic carbocycles. The number of alkyl halides is 3. The Bertz CT molecular complexity index is 1220. The van der Waals surface area contributed by atoms with Crippen LogP contribution in [0.4, 0.5) is 22.0 Å². The summed E-state index contributed by atoms with van der Waals surface area (Å²) in [7, 11) is 0. The van der Waals surface area contributed by atoms with Gasteiger partial charge < -0.3 is 4.74 Å². The Morgan fingerprint density at radius 2 is 1.16 bits per heavy atom. The molecule has 4 aromatic rings. The molecule has 0 unspecified atom stereocenters. The molecule has 0 atom stereocenters. The Labute approximate surface area is 175 Å². The summed E-state index contributed by atoms with van der Waals surface area (Å²) in [6, 6.07) is 21.0. The van der Waals surface area contributed by atoms with Crippen LogP contribution in [0.25, 0.3) is 33.0 Å². The maximum absolute atomic E-state index is 14.0. The lowest BCUT2D eigenvalue weighted by atomic mass is 9.97. The Hall–Kier alpha value is -3.41. The summed E-state index contributed by atoms with van der Waals surface area (Å²) in [5.41, 5.74) is 3.73. The van der Waals surface area contributed by atoms with Gasteiger partial charge in [-0.2, -0.15) is 0 Å². The lowest BCUT2D eigenvalue weighted by molar-refractivity contribution is -0.276. The Morgan fingerprint density at radius 1 is 0.645 bits per heavy atom. The number of aryl methyl sites for hydroxylation is 1. The minimum atomic E-state index is -5.18. The van der Waals surface area contributed by atoms with Gasteiger partial charge >= 0.3 is 6.36 Å². The molecule has 0 amide bonds. The van der Waals surface area contributed by atoms with Gasteiger partial charge in [-0.3, -0.25) is 0 Å². The maximum Gasteiger partial charge on any atom is 0.573 e. The zero-order valence-corrected chi connectivity index (χ0v) is 16.4. The second-order valence-electron chi connectivity index (χ2n) is 7.14. The fourth-order valence-electron chi connectivity index (χ4n) is 3.49. The van der Waals surface area contributed by atoms with Crippen LogP contribution in [0.2, 0.25) is 0 Å².